The maximum absolute atomic E-state index is 11.2. The van der Waals surface area contributed by atoms with E-state index in [2.05, 4.69) is 24.1 Å². The molecule has 2 aromatic rings. The number of benzene rings is 1. The molecule has 1 aromatic heterocycles. The molecule has 0 saturated carbocycles. The second kappa shape index (κ2) is 5.86. The molecule has 0 amide bonds. The average molecular weight is 273 g/mol. The summed E-state index contributed by atoms with van der Waals surface area (Å²) in [5, 5.41) is 15.3. The van der Waals surface area contributed by atoms with Crippen LogP contribution >= 0.6 is 0 Å². The molecular weight excluding hydrogens is 254 g/mol. The Bertz CT molecular complexity index is 626. The molecule has 1 heterocycles. The minimum atomic E-state index is -0.385. The molecule has 1 aromatic carbocycles. The SMILES string of the molecule is CC(C)CC(C)Nc1c([N+](=O)[O-])cnc2ccccc12. The fourth-order valence-corrected chi connectivity index (χ4v) is 2.43. The fraction of sp³-hybridized carbons (Fsp3) is 0.400. The molecular formula is C15H19N3O2. The number of nitrogens with zero attached hydrogens (tertiary/aromatic N) is 2. The maximum atomic E-state index is 11.2. The van der Waals surface area contributed by atoms with Crippen molar-refractivity contribution in [1.82, 2.24) is 4.98 Å². The van der Waals surface area contributed by atoms with Crippen molar-refractivity contribution in [3.05, 3.63) is 40.6 Å². The van der Waals surface area contributed by atoms with Crippen LogP contribution in [0, 0.1) is 16.0 Å². The van der Waals surface area contributed by atoms with Crippen LogP contribution in [0.25, 0.3) is 10.9 Å². The predicted molar refractivity (Wildman–Crippen MR) is 80.9 cm³/mol. The fourth-order valence-electron chi connectivity index (χ4n) is 2.43. The molecule has 0 aliphatic heterocycles. The lowest BCUT2D eigenvalue weighted by Gasteiger charge is -2.18. The number of pyridine rings is 1. The van der Waals surface area contributed by atoms with Gasteiger partial charge in [-0.2, -0.15) is 0 Å². The smallest absolute Gasteiger partial charge is 0.311 e. The molecule has 0 saturated heterocycles. The number of nitrogens with one attached hydrogen (secondary N) is 1. The van der Waals surface area contributed by atoms with Gasteiger partial charge in [-0.1, -0.05) is 32.0 Å². The third-order valence-corrected chi connectivity index (χ3v) is 3.17. The quantitative estimate of drug-likeness (QED) is 0.660. The van der Waals surface area contributed by atoms with Crippen molar-refractivity contribution in [2.45, 2.75) is 33.2 Å². The minimum Gasteiger partial charge on any atom is -0.376 e. The lowest BCUT2D eigenvalue weighted by Crippen LogP contribution is -2.18. The van der Waals surface area contributed by atoms with Crippen LogP contribution in [0.5, 0.6) is 0 Å². The molecule has 0 fully saturated rings. The zero-order valence-electron chi connectivity index (χ0n) is 12.0. The molecule has 1 atom stereocenters. The van der Waals surface area contributed by atoms with E-state index in [9.17, 15) is 10.1 Å². The highest BCUT2D eigenvalue weighted by atomic mass is 16.6. The van der Waals surface area contributed by atoms with Crippen LogP contribution in [0.15, 0.2) is 30.5 Å². The number of hydrogen-bond acceptors (Lipinski definition) is 4. The number of hydrogen-bond donors (Lipinski definition) is 1. The first-order chi connectivity index (χ1) is 9.49. The molecule has 20 heavy (non-hydrogen) atoms. The van der Waals surface area contributed by atoms with Crippen LogP contribution in [0.3, 0.4) is 0 Å². The highest BCUT2D eigenvalue weighted by Gasteiger charge is 2.19. The van der Waals surface area contributed by atoms with Gasteiger partial charge in [0.1, 0.15) is 11.9 Å². The number of fused-ring (bicyclic) bond motifs is 1. The number of rotatable bonds is 5. The first kappa shape index (κ1) is 14.2. The minimum absolute atomic E-state index is 0.0271. The van der Waals surface area contributed by atoms with Gasteiger partial charge in [-0.15, -0.1) is 0 Å². The molecule has 1 unspecified atom stereocenters. The van der Waals surface area contributed by atoms with E-state index < -0.39 is 0 Å². The van der Waals surface area contributed by atoms with E-state index in [-0.39, 0.29) is 16.7 Å². The monoisotopic (exact) mass is 273 g/mol. The second-order valence-electron chi connectivity index (χ2n) is 5.47. The lowest BCUT2D eigenvalue weighted by atomic mass is 10.0. The van der Waals surface area contributed by atoms with Crippen LogP contribution in [0.2, 0.25) is 0 Å². The van der Waals surface area contributed by atoms with Gasteiger partial charge in [0, 0.05) is 11.4 Å². The zero-order valence-corrected chi connectivity index (χ0v) is 12.0. The second-order valence-corrected chi connectivity index (χ2v) is 5.47. The molecule has 0 aliphatic rings. The van der Waals surface area contributed by atoms with E-state index in [4.69, 9.17) is 0 Å². The highest BCUT2D eigenvalue weighted by Crippen LogP contribution is 2.32. The van der Waals surface area contributed by atoms with Gasteiger partial charge in [0.2, 0.25) is 0 Å². The molecule has 5 nitrogen and oxygen atoms in total. The number of para-hydroxylation sites is 1. The summed E-state index contributed by atoms with van der Waals surface area (Å²) >= 11 is 0. The normalized spacial score (nSPS) is 12.6. The van der Waals surface area contributed by atoms with Gasteiger partial charge in [-0.25, -0.2) is 4.98 Å². The Labute approximate surface area is 118 Å². The van der Waals surface area contributed by atoms with Crippen LogP contribution in [0.4, 0.5) is 11.4 Å². The van der Waals surface area contributed by atoms with Crippen molar-refractivity contribution in [2.75, 3.05) is 5.32 Å². The molecule has 5 heteroatoms. The summed E-state index contributed by atoms with van der Waals surface area (Å²) in [4.78, 5) is 15.0. The highest BCUT2D eigenvalue weighted by molar-refractivity contribution is 5.95. The standard InChI is InChI=1S/C15H19N3O2/c1-10(2)8-11(3)17-15-12-6-4-5-7-13(12)16-9-14(15)18(19)20/h4-7,9-11H,8H2,1-3H3,(H,16,17). The molecule has 1 N–H and O–H groups in total. The van der Waals surface area contributed by atoms with Gasteiger partial charge in [0.25, 0.3) is 0 Å². The maximum Gasteiger partial charge on any atom is 0.311 e. The summed E-state index contributed by atoms with van der Waals surface area (Å²) in [6, 6.07) is 7.63. The Kier molecular flexibility index (Phi) is 4.17. The summed E-state index contributed by atoms with van der Waals surface area (Å²) in [5.74, 6) is 0.532. The largest absolute Gasteiger partial charge is 0.376 e. The van der Waals surface area contributed by atoms with Gasteiger partial charge >= 0.3 is 5.69 Å². The van der Waals surface area contributed by atoms with Gasteiger partial charge in [-0.05, 0) is 25.3 Å². The number of anilines is 1. The molecule has 106 valence electrons. The zero-order chi connectivity index (χ0) is 14.7. The van der Waals surface area contributed by atoms with E-state index in [0.29, 0.717) is 11.6 Å². The molecule has 0 aliphatic carbocycles. The first-order valence-corrected chi connectivity index (χ1v) is 6.77. The number of aromatic nitrogens is 1. The van der Waals surface area contributed by atoms with Crippen molar-refractivity contribution >= 4 is 22.3 Å². The van der Waals surface area contributed by atoms with Crippen molar-refractivity contribution < 1.29 is 4.92 Å². The van der Waals surface area contributed by atoms with E-state index in [0.717, 1.165) is 17.3 Å². The average Bonchev–Trinajstić information content (AvgIpc) is 2.37. The van der Waals surface area contributed by atoms with Crippen LogP contribution in [0.1, 0.15) is 27.2 Å². The lowest BCUT2D eigenvalue weighted by molar-refractivity contribution is -0.384. The number of nitro groups is 1. The van der Waals surface area contributed by atoms with Gasteiger partial charge < -0.3 is 5.32 Å². The van der Waals surface area contributed by atoms with E-state index >= 15 is 0 Å². The Balaban J connectivity index is 2.47. The van der Waals surface area contributed by atoms with Crippen molar-refractivity contribution in [2.24, 2.45) is 5.92 Å². The van der Waals surface area contributed by atoms with Crippen molar-refractivity contribution in [3.8, 4) is 0 Å². The predicted octanol–water partition coefficient (Wildman–Crippen LogP) is 3.99. The topological polar surface area (TPSA) is 68.1 Å². The van der Waals surface area contributed by atoms with E-state index in [1.54, 1.807) is 0 Å². The van der Waals surface area contributed by atoms with Gasteiger partial charge in [0.05, 0.1) is 10.4 Å². The van der Waals surface area contributed by atoms with Gasteiger partial charge in [0.15, 0.2) is 0 Å². The molecule has 2 rings (SSSR count). The third kappa shape index (κ3) is 3.04. The summed E-state index contributed by atoms with van der Waals surface area (Å²) < 4.78 is 0. The molecule has 0 spiro atoms. The summed E-state index contributed by atoms with van der Waals surface area (Å²) in [6.45, 7) is 6.31. The molecule has 0 bridgehead atoms. The Morgan fingerprint density at radius 1 is 1.30 bits per heavy atom. The van der Waals surface area contributed by atoms with Crippen molar-refractivity contribution in [3.63, 3.8) is 0 Å². The Morgan fingerprint density at radius 3 is 2.65 bits per heavy atom. The Morgan fingerprint density at radius 2 is 2.00 bits per heavy atom. The van der Waals surface area contributed by atoms with Crippen molar-refractivity contribution in [1.29, 1.82) is 0 Å². The summed E-state index contributed by atoms with van der Waals surface area (Å²) in [7, 11) is 0. The molecule has 0 radical (unpaired) electrons. The summed E-state index contributed by atoms with van der Waals surface area (Å²) in [6.07, 6.45) is 2.28. The first-order valence-electron chi connectivity index (χ1n) is 6.77. The summed E-state index contributed by atoms with van der Waals surface area (Å²) in [5.41, 5.74) is 1.35. The third-order valence-electron chi connectivity index (χ3n) is 3.17. The van der Waals surface area contributed by atoms with Crippen LogP contribution in [-0.4, -0.2) is 15.9 Å². The van der Waals surface area contributed by atoms with E-state index in [1.807, 2.05) is 31.2 Å². The Hall–Kier alpha value is -2.17. The van der Waals surface area contributed by atoms with Gasteiger partial charge in [-0.3, -0.25) is 10.1 Å². The van der Waals surface area contributed by atoms with Crippen LogP contribution < -0.4 is 5.32 Å². The van der Waals surface area contributed by atoms with Crippen LogP contribution in [-0.2, 0) is 0 Å². The van der Waals surface area contributed by atoms with E-state index in [1.165, 1.54) is 6.20 Å².